The van der Waals surface area contributed by atoms with Crippen molar-refractivity contribution in [3.63, 3.8) is 0 Å². The Morgan fingerprint density at radius 1 is 1.08 bits per heavy atom. The maximum atomic E-state index is 12.2. The zero-order valence-electron chi connectivity index (χ0n) is 14.8. The van der Waals surface area contributed by atoms with E-state index in [1.54, 1.807) is 0 Å². The van der Waals surface area contributed by atoms with Crippen LogP contribution in [0.3, 0.4) is 0 Å². The summed E-state index contributed by atoms with van der Waals surface area (Å²) in [6, 6.07) is 10.9. The van der Waals surface area contributed by atoms with Gasteiger partial charge in [0, 0.05) is 44.9 Å². The average molecular weight is 347 g/mol. The first-order chi connectivity index (χ1) is 12.3. The molecule has 2 saturated heterocycles. The molecule has 138 valence electrons. The molecule has 2 aliphatic rings. The fourth-order valence-electron chi connectivity index (χ4n) is 3.45. The van der Waals surface area contributed by atoms with Crippen molar-refractivity contribution in [1.29, 1.82) is 0 Å². The number of carbonyl (C=O) groups is 1. The molecule has 0 aliphatic carbocycles. The fraction of sp³-hybridized carbons (Fsp3) is 0.632. The number of rotatable bonds is 6. The zero-order chi connectivity index (χ0) is 17.3. The van der Waals surface area contributed by atoms with Crippen molar-refractivity contribution in [1.82, 2.24) is 15.5 Å². The summed E-state index contributed by atoms with van der Waals surface area (Å²) in [5.74, 6) is 0. The molecule has 2 aliphatic heterocycles. The van der Waals surface area contributed by atoms with Crippen LogP contribution < -0.4 is 10.6 Å². The minimum absolute atomic E-state index is 0.0711. The molecular formula is C19H29N3O3. The van der Waals surface area contributed by atoms with Gasteiger partial charge in [-0.1, -0.05) is 30.3 Å². The third kappa shape index (κ3) is 5.99. The van der Waals surface area contributed by atoms with Crippen LogP contribution in [0.1, 0.15) is 18.4 Å². The van der Waals surface area contributed by atoms with Crippen molar-refractivity contribution in [3.8, 4) is 0 Å². The van der Waals surface area contributed by atoms with Crippen LogP contribution in [0, 0.1) is 0 Å². The average Bonchev–Trinajstić information content (AvgIpc) is 2.67. The number of carbonyl (C=O) groups excluding carboxylic acids is 1. The fourth-order valence-corrected chi connectivity index (χ4v) is 3.45. The summed E-state index contributed by atoms with van der Waals surface area (Å²) in [6.07, 6.45) is 2.72. The predicted octanol–water partition coefficient (Wildman–Crippen LogP) is 1.41. The molecular weight excluding hydrogens is 318 g/mol. The highest BCUT2D eigenvalue weighted by atomic mass is 16.5. The number of hydrogen-bond acceptors (Lipinski definition) is 4. The van der Waals surface area contributed by atoms with E-state index in [0.717, 1.165) is 58.8 Å². The van der Waals surface area contributed by atoms with Gasteiger partial charge in [0.1, 0.15) is 0 Å². The molecule has 0 spiro atoms. The first-order valence-corrected chi connectivity index (χ1v) is 9.29. The molecule has 6 nitrogen and oxygen atoms in total. The van der Waals surface area contributed by atoms with Crippen LogP contribution in [0.15, 0.2) is 30.3 Å². The molecule has 25 heavy (non-hydrogen) atoms. The number of ether oxygens (including phenoxy) is 2. The molecule has 2 amide bonds. The van der Waals surface area contributed by atoms with Gasteiger partial charge in [-0.15, -0.1) is 0 Å². The van der Waals surface area contributed by atoms with Crippen molar-refractivity contribution in [2.45, 2.75) is 31.3 Å². The van der Waals surface area contributed by atoms with E-state index in [1.165, 1.54) is 5.56 Å². The van der Waals surface area contributed by atoms with E-state index >= 15 is 0 Å². The number of benzene rings is 1. The van der Waals surface area contributed by atoms with Crippen molar-refractivity contribution >= 4 is 6.03 Å². The van der Waals surface area contributed by atoms with Crippen molar-refractivity contribution in [2.24, 2.45) is 0 Å². The smallest absolute Gasteiger partial charge is 0.315 e. The van der Waals surface area contributed by atoms with Crippen LogP contribution in [-0.2, 0) is 15.9 Å². The van der Waals surface area contributed by atoms with Crippen molar-refractivity contribution in [3.05, 3.63) is 35.9 Å². The van der Waals surface area contributed by atoms with E-state index in [-0.39, 0.29) is 18.1 Å². The molecule has 0 aromatic heterocycles. The normalized spacial score (nSPS) is 20.8. The third-order valence-electron chi connectivity index (χ3n) is 4.93. The number of amides is 2. The number of urea groups is 1. The molecule has 0 radical (unpaired) electrons. The number of morpholine rings is 1. The topological polar surface area (TPSA) is 62.8 Å². The van der Waals surface area contributed by atoms with E-state index in [0.29, 0.717) is 6.54 Å². The third-order valence-corrected chi connectivity index (χ3v) is 4.93. The SMILES string of the molecule is O=C(NCC(Cc1ccccc1)N1CCOCC1)NC1CCOCC1. The van der Waals surface area contributed by atoms with E-state index in [2.05, 4.69) is 39.8 Å². The highest BCUT2D eigenvalue weighted by molar-refractivity contribution is 5.74. The van der Waals surface area contributed by atoms with Gasteiger partial charge in [0.25, 0.3) is 0 Å². The van der Waals surface area contributed by atoms with Gasteiger partial charge >= 0.3 is 6.03 Å². The Kier molecular flexibility index (Phi) is 7.09. The molecule has 1 atom stereocenters. The van der Waals surface area contributed by atoms with Gasteiger partial charge < -0.3 is 20.1 Å². The molecule has 0 saturated carbocycles. The lowest BCUT2D eigenvalue weighted by atomic mass is 10.0. The van der Waals surface area contributed by atoms with Gasteiger partial charge in [-0.2, -0.15) is 0 Å². The van der Waals surface area contributed by atoms with E-state index < -0.39 is 0 Å². The van der Waals surface area contributed by atoms with Crippen LogP contribution in [0.2, 0.25) is 0 Å². The molecule has 1 aromatic rings. The highest BCUT2D eigenvalue weighted by Gasteiger charge is 2.22. The largest absolute Gasteiger partial charge is 0.381 e. The Balaban J connectivity index is 1.52. The zero-order valence-corrected chi connectivity index (χ0v) is 14.8. The second-order valence-corrected chi connectivity index (χ2v) is 6.73. The van der Waals surface area contributed by atoms with Crippen LogP contribution in [0.5, 0.6) is 0 Å². The quantitative estimate of drug-likeness (QED) is 0.817. The van der Waals surface area contributed by atoms with Gasteiger partial charge in [-0.05, 0) is 24.8 Å². The summed E-state index contributed by atoms with van der Waals surface area (Å²) in [4.78, 5) is 14.7. The lowest BCUT2D eigenvalue weighted by molar-refractivity contribution is 0.0172. The molecule has 1 unspecified atom stereocenters. The van der Waals surface area contributed by atoms with Gasteiger partial charge in [0.05, 0.1) is 13.2 Å². The van der Waals surface area contributed by atoms with Gasteiger partial charge in [-0.25, -0.2) is 4.79 Å². The molecule has 1 aromatic carbocycles. The second-order valence-electron chi connectivity index (χ2n) is 6.73. The van der Waals surface area contributed by atoms with Gasteiger partial charge in [0.2, 0.25) is 0 Å². The minimum Gasteiger partial charge on any atom is -0.381 e. The second kappa shape index (κ2) is 9.75. The number of nitrogens with one attached hydrogen (secondary N) is 2. The summed E-state index contributed by atoms with van der Waals surface area (Å²) < 4.78 is 10.8. The molecule has 2 N–H and O–H groups in total. The maximum absolute atomic E-state index is 12.2. The maximum Gasteiger partial charge on any atom is 0.315 e. The Bertz CT molecular complexity index is 514. The monoisotopic (exact) mass is 347 g/mol. The first kappa shape index (κ1) is 18.2. The number of hydrogen-bond donors (Lipinski definition) is 2. The Morgan fingerprint density at radius 3 is 2.48 bits per heavy atom. The highest BCUT2D eigenvalue weighted by Crippen LogP contribution is 2.11. The van der Waals surface area contributed by atoms with Crippen LogP contribution in [0.4, 0.5) is 4.79 Å². The first-order valence-electron chi connectivity index (χ1n) is 9.29. The minimum atomic E-state index is -0.0711. The molecule has 0 bridgehead atoms. The lowest BCUT2D eigenvalue weighted by Crippen LogP contribution is -2.52. The Morgan fingerprint density at radius 2 is 1.76 bits per heavy atom. The molecule has 6 heteroatoms. The van der Waals surface area contributed by atoms with Crippen LogP contribution in [-0.4, -0.2) is 69.1 Å². The van der Waals surface area contributed by atoms with Crippen LogP contribution in [0.25, 0.3) is 0 Å². The number of nitrogens with zero attached hydrogens (tertiary/aromatic N) is 1. The summed E-state index contributed by atoms with van der Waals surface area (Å²) in [5, 5.41) is 6.14. The van der Waals surface area contributed by atoms with E-state index in [9.17, 15) is 4.79 Å². The van der Waals surface area contributed by atoms with E-state index in [1.807, 2.05) is 6.07 Å². The van der Waals surface area contributed by atoms with Crippen molar-refractivity contribution in [2.75, 3.05) is 46.1 Å². The molecule has 2 heterocycles. The Hall–Kier alpha value is -1.63. The summed E-state index contributed by atoms with van der Waals surface area (Å²) >= 11 is 0. The summed E-state index contributed by atoms with van der Waals surface area (Å²) in [7, 11) is 0. The van der Waals surface area contributed by atoms with Crippen molar-refractivity contribution < 1.29 is 14.3 Å². The summed E-state index contributed by atoms with van der Waals surface area (Å²) in [5.41, 5.74) is 1.30. The van der Waals surface area contributed by atoms with E-state index in [4.69, 9.17) is 9.47 Å². The van der Waals surface area contributed by atoms with Gasteiger partial charge in [0.15, 0.2) is 0 Å². The Labute approximate surface area is 149 Å². The predicted molar refractivity (Wildman–Crippen MR) is 96.7 cm³/mol. The molecule has 3 rings (SSSR count). The lowest BCUT2D eigenvalue weighted by Gasteiger charge is -2.35. The summed E-state index contributed by atoms with van der Waals surface area (Å²) in [6.45, 7) is 5.47. The molecule has 2 fully saturated rings. The van der Waals surface area contributed by atoms with Crippen LogP contribution >= 0.6 is 0 Å². The standard InChI is InChI=1S/C19H29N3O3/c23-19(21-17-6-10-24-11-7-17)20-15-18(22-8-12-25-13-9-22)14-16-4-2-1-3-5-16/h1-5,17-18H,6-15H2,(H2,20,21,23). The van der Waals surface area contributed by atoms with Gasteiger partial charge in [-0.3, -0.25) is 4.90 Å².